The Kier molecular flexibility index (Phi) is 5.12. The Hall–Kier alpha value is -2.69. The molecule has 130 valence electrons. The van der Waals surface area contributed by atoms with Crippen LogP contribution >= 0.6 is 0 Å². The fourth-order valence-corrected chi connectivity index (χ4v) is 2.90. The maximum absolute atomic E-state index is 12.5. The molecule has 0 bridgehead atoms. The molecule has 1 unspecified atom stereocenters. The van der Waals surface area contributed by atoms with Crippen LogP contribution in [0, 0.1) is 0 Å². The van der Waals surface area contributed by atoms with Gasteiger partial charge in [0.2, 0.25) is 0 Å². The van der Waals surface area contributed by atoms with Gasteiger partial charge >= 0.3 is 0 Å². The summed E-state index contributed by atoms with van der Waals surface area (Å²) < 4.78 is 0. The first-order chi connectivity index (χ1) is 12.1. The van der Waals surface area contributed by atoms with Gasteiger partial charge in [-0.3, -0.25) is 9.59 Å². The van der Waals surface area contributed by atoms with Gasteiger partial charge in [0.25, 0.3) is 11.8 Å². The summed E-state index contributed by atoms with van der Waals surface area (Å²) in [7, 11) is 1.56. The highest BCUT2D eigenvalue weighted by Gasteiger charge is 2.25. The summed E-state index contributed by atoms with van der Waals surface area (Å²) in [6, 6.07) is 13.7. The summed E-state index contributed by atoms with van der Waals surface area (Å²) in [4.78, 5) is 29.1. The van der Waals surface area contributed by atoms with Gasteiger partial charge in [-0.25, -0.2) is 4.98 Å². The molecule has 1 saturated carbocycles. The van der Waals surface area contributed by atoms with Crippen LogP contribution in [0.5, 0.6) is 0 Å². The van der Waals surface area contributed by atoms with Crippen LogP contribution in [0.1, 0.15) is 64.2 Å². The third-order valence-electron chi connectivity index (χ3n) is 4.45. The van der Waals surface area contributed by atoms with Crippen molar-refractivity contribution in [2.45, 2.75) is 38.1 Å². The number of carbonyl (C=O) groups excluding carboxylic acids is 2. The second kappa shape index (κ2) is 7.47. The first-order valence-corrected chi connectivity index (χ1v) is 8.72. The van der Waals surface area contributed by atoms with Gasteiger partial charge in [-0.15, -0.1) is 0 Å². The highest BCUT2D eigenvalue weighted by Crippen LogP contribution is 2.28. The van der Waals surface area contributed by atoms with Gasteiger partial charge in [0.05, 0.1) is 0 Å². The topological polar surface area (TPSA) is 71.1 Å². The third-order valence-corrected chi connectivity index (χ3v) is 4.45. The summed E-state index contributed by atoms with van der Waals surface area (Å²) in [6.07, 6.45) is 2.87. The maximum Gasteiger partial charge on any atom is 0.269 e. The lowest BCUT2D eigenvalue weighted by atomic mass is 9.91. The van der Waals surface area contributed by atoms with Gasteiger partial charge in [0, 0.05) is 30.3 Å². The summed E-state index contributed by atoms with van der Waals surface area (Å²) in [6.45, 7) is 2.08. The van der Waals surface area contributed by atoms with Gasteiger partial charge in [-0.1, -0.05) is 37.3 Å². The molecule has 1 heterocycles. The maximum atomic E-state index is 12.5. The number of nitrogens with one attached hydrogen (secondary N) is 2. The lowest BCUT2D eigenvalue weighted by molar-refractivity contribution is 0.0951. The number of hydrogen-bond acceptors (Lipinski definition) is 3. The standard InChI is InChI=1S/C20H23N3O2/c1-3-16(13-7-5-4-6-8-13)17-11-14(19(24)22-15-9-10-15)12-18(23-17)20(25)21-2/h4-8,11-12,15-16H,3,9-10H2,1-2H3,(H,21,25)(H,22,24). The fourth-order valence-electron chi connectivity index (χ4n) is 2.90. The highest BCUT2D eigenvalue weighted by molar-refractivity contribution is 5.98. The van der Waals surface area contributed by atoms with Crippen LogP contribution in [0.3, 0.4) is 0 Å². The minimum atomic E-state index is -0.287. The van der Waals surface area contributed by atoms with Gasteiger partial charge in [-0.05, 0) is 37.0 Å². The Morgan fingerprint density at radius 2 is 1.88 bits per heavy atom. The number of benzene rings is 1. The number of rotatable bonds is 6. The van der Waals surface area contributed by atoms with Crippen molar-refractivity contribution in [1.29, 1.82) is 0 Å². The van der Waals surface area contributed by atoms with E-state index in [0.29, 0.717) is 5.56 Å². The zero-order valence-electron chi connectivity index (χ0n) is 14.6. The van der Waals surface area contributed by atoms with E-state index >= 15 is 0 Å². The Labute approximate surface area is 147 Å². The van der Waals surface area contributed by atoms with E-state index in [-0.39, 0.29) is 29.5 Å². The van der Waals surface area contributed by atoms with Gasteiger partial charge in [0.15, 0.2) is 0 Å². The number of amides is 2. The van der Waals surface area contributed by atoms with Crippen molar-refractivity contribution in [2.24, 2.45) is 0 Å². The summed E-state index contributed by atoms with van der Waals surface area (Å²) in [5.41, 5.74) is 2.64. The lowest BCUT2D eigenvalue weighted by Gasteiger charge is -2.17. The van der Waals surface area contributed by atoms with Crippen LogP contribution in [0.4, 0.5) is 0 Å². The van der Waals surface area contributed by atoms with Crippen molar-refractivity contribution in [3.05, 3.63) is 65.0 Å². The second-order valence-corrected chi connectivity index (χ2v) is 6.36. The molecule has 0 radical (unpaired) electrons. The molecule has 25 heavy (non-hydrogen) atoms. The van der Waals surface area contributed by atoms with Crippen LogP contribution in [-0.4, -0.2) is 29.9 Å². The van der Waals surface area contributed by atoms with E-state index in [2.05, 4.69) is 22.5 Å². The Morgan fingerprint density at radius 3 is 2.48 bits per heavy atom. The molecule has 1 aromatic heterocycles. The molecule has 1 aliphatic rings. The van der Waals surface area contributed by atoms with E-state index in [1.807, 2.05) is 36.4 Å². The van der Waals surface area contributed by atoms with Gasteiger partial charge < -0.3 is 10.6 Å². The van der Waals surface area contributed by atoms with Crippen LogP contribution in [-0.2, 0) is 0 Å². The Morgan fingerprint density at radius 1 is 1.16 bits per heavy atom. The van der Waals surface area contributed by atoms with E-state index in [4.69, 9.17) is 0 Å². The van der Waals surface area contributed by atoms with E-state index in [1.165, 1.54) is 0 Å². The molecule has 2 amide bonds. The number of hydrogen-bond donors (Lipinski definition) is 2. The molecule has 5 heteroatoms. The van der Waals surface area contributed by atoms with Crippen LogP contribution in [0.15, 0.2) is 42.5 Å². The summed E-state index contributed by atoms with van der Waals surface area (Å²) in [5, 5.41) is 5.57. The molecule has 0 aliphatic heterocycles. The van der Waals surface area contributed by atoms with Crippen molar-refractivity contribution in [1.82, 2.24) is 15.6 Å². The molecular formula is C20H23N3O2. The first-order valence-electron chi connectivity index (χ1n) is 8.72. The molecule has 2 N–H and O–H groups in total. The number of carbonyl (C=O) groups is 2. The fraction of sp³-hybridized carbons (Fsp3) is 0.350. The zero-order chi connectivity index (χ0) is 17.8. The van der Waals surface area contributed by atoms with Crippen molar-refractivity contribution >= 4 is 11.8 Å². The summed E-state index contributed by atoms with van der Waals surface area (Å²) in [5.74, 6) is -0.386. The van der Waals surface area contributed by atoms with Crippen molar-refractivity contribution in [3.63, 3.8) is 0 Å². The van der Waals surface area contributed by atoms with Crippen molar-refractivity contribution < 1.29 is 9.59 Å². The predicted molar refractivity (Wildman–Crippen MR) is 96.7 cm³/mol. The Balaban J connectivity index is 2.01. The van der Waals surface area contributed by atoms with E-state index in [0.717, 1.165) is 30.5 Å². The monoisotopic (exact) mass is 337 g/mol. The average molecular weight is 337 g/mol. The highest BCUT2D eigenvalue weighted by atomic mass is 16.2. The largest absolute Gasteiger partial charge is 0.354 e. The van der Waals surface area contributed by atoms with E-state index in [9.17, 15) is 9.59 Å². The minimum Gasteiger partial charge on any atom is -0.354 e. The van der Waals surface area contributed by atoms with E-state index in [1.54, 1.807) is 13.1 Å². The average Bonchev–Trinajstić information content (AvgIpc) is 3.46. The number of aromatic nitrogens is 1. The first kappa shape index (κ1) is 17.1. The quantitative estimate of drug-likeness (QED) is 0.851. The van der Waals surface area contributed by atoms with Crippen LogP contribution < -0.4 is 10.6 Å². The lowest BCUT2D eigenvalue weighted by Crippen LogP contribution is -2.27. The molecule has 2 aromatic rings. The molecule has 1 aliphatic carbocycles. The molecule has 1 fully saturated rings. The minimum absolute atomic E-state index is 0.0401. The molecule has 0 saturated heterocycles. The van der Waals surface area contributed by atoms with Crippen LogP contribution in [0.2, 0.25) is 0 Å². The molecule has 1 atom stereocenters. The molecular weight excluding hydrogens is 314 g/mol. The normalized spacial score (nSPS) is 14.6. The zero-order valence-corrected chi connectivity index (χ0v) is 14.6. The second-order valence-electron chi connectivity index (χ2n) is 6.36. The van der Waals surface area contributed by atoms with Crippen molar-refractivity contribution in [3.8, 4) is 0 Å². The molecule has 0 spiro atoms. The smallest absolute Gasteiger partial charge is 0.269 e. The van der Waals surface area contributed by atoms with Gasteiger partial charge in [-0.2, -0.15) is 0 Å². The predicted octanol–water partition coefficient (Wildman–Crippen LogP) is 2.88. The number of pyridine rings is 1. The van der Waals surface area contributed by atoms with Crippen LogP contribution in [0.25, 0.3) is 0 Å². The SMILES string of the molecule is CCC(c1ccccc1)c1cc(C(=O)NC2CC2)cc(C(=O)NC)n1. The molecule has 5 nitrogen and oxygen atoms in total. The van der Waals surface area contributed by atoms with Gasteiger partial charge in [0.1, 0.15) is 5.69 Å². The third kappa shape index (κ3) is 4.05. The Bertz CT molecular complexity index is 770. The molecule has 1 aromatic carbocycles. The number of nitrogens with zero attached hydrogens (tertiary/aromatic N) is 1. The molecule has 3 rings (SSSR count). The van der Waals surface area contributed by atoms with Crippen molar-refractivity contribution in [2.75, 3.05) is 7.05 Å². The summed E-state index contributed by atoms with van der Waals surface area (Å²) >= 11 is 0. The van der Waals surface area contributed by atoms with E-state index < -0.39 is 0 Å².